The molecule has 86 valence electrons. The molecule has 0 amide bonds. The minimum absolute atomic E-state index is 0.271. The fraction of sp³-hybridized carbons (Fsp3) is 0.0833. The van der Waals surface area contributed by atoms with Crippen molar-refractivity contribution in [3.8, 4) is 11.3 Å². The fourth-order valence-corrected chi connectivity index (χ4v) is 1.71. The highest BCUT2D eigenvalue weighted by Crippen LogP contribution is 2.28. The Morgan fingerprint density at radius 3 is 2.82 bits per heavy atom. The Labute approximate surface area is 103 Å². The van der Waals surface area contributed by atoms with Crippen LogP contribution >= 0.6 is 11.6 Å². The van der Waals surface area contributed by atoms with Crippen molar-refractivity contribution >= 4 is 17.6 Å². The van der Waals surface area contributed by atoms with Crippen LogP contribution in [0.1, 0.15) is 10.4 Å². The van der Waals surface area contributed by atoms with Crippen molar-refractivity contribution in [2.45, 2.75) is 0 Å². The zero-order valence-electron chi connectivity index (χ0n) is 9.05. The number of methoxy groups -OCH3 is 1. The second-order valence-electron chi connectivity index (χ2n) is 3.25. The number of nitrogens with zero attached hydrogens (tertiary/aromatic N) is 2. The lowest BCUT2D eigenvalue weighted by Gasteiger charge is -2.06. The number of rotatable bonds is 2. The van der Waals surface area contributed by atoms with E-state index in [1.165, 1.54) is 19.4 Å². The van der Waals surface area contributed by atoms with Crippen LogP contribution in [-0.2, 0) is 4.74 Å². The summed E-state index contributed by atoms with van der Waals surface area (Å²) in [4.78, 5) is 19.6. The Morgan fingerprint density at radius 1 is 1.35 bits per heavy atom. The molecule has 0 fully saturated rings. The van der Waals surface area contributed by atoms with Gasteiger partial charge in [0.25, 0.3) is 0 Å². The number of carbonyl (C=O) groups excluding carboxylic acids is 1. The van der Waals surface area contributed by atoms with Crippen molar-refractivity contribution in [3.05, 3.63) is 47.4 Å². The van der Waals surface area contributed by atoms with E-state index in [9.17, 15) is 4.79 Å². The molecule has 2 aromatic heterocycles. The van der Waals surface area contributed by atoms with Crippen molar-refractivity contribution in [3.63, 3.8) is 0 Å². The molecule has 4 nitrogen and oxygen atoms in total. The predicted octanol–water partition coefficient (Wildman–Crippen LogP) is 2.58. The van der Waals surface area contributed by atoms with Crippen LogP contribution in [0.25, 0.3) is 11.3 Å². The van der Waals surface area contributed by atoms with E-state index in [0.29, 0.717) is 11.3 Å². The number of carbonyl (C=O) groups is 1. The van der Waals surface area contributed by atoms with Crippen LogP contribution in [0.2, 0.25) is 5.02 Å². The van der Waals surface area contributed by atoms with Crippen LogP contribution in [0.5, 0.6) is 0 Å². The Bertz CT molecular complexity index is 543. The third kappa shape index (κ3) is 2.26. The van der Waals surface area contributed by atoms with E-state index in [2.05, 4.69) is 14.7 Å². The highest BCUT2D eigenvalue weighted by atomic mass is 35.5. The molecule has 0 aliphatic carbocycles. The number of hydrogen-bond donors (Lipinski definition) is 0. The van der Waals surface area contributed by atoms with Gasteiger partial charge in [-0.15, -0.1) is 0 Å². The maximum Gasteiger partial charge on any atom is 0.339 e. The Morgan fingerprint density at radius 2 is 2.18 bits per heavy atom. The Kier molecular flexibility index (Phi) is 3.35. The van der Waals surface area contributed by atoms with Crippen molar-refractivity contribution in [1.29, 1.82) is 0 Å². The Hall–Kier alpha value is -1.94. The topological polar surface area (TPSA) is 52.1 Å². The van der Waals surface area contributed by atoms with Crippen molar-refractivity contribution in [1.82, 2.24) is 9.97 Å². The first-order valence-corrected chi connectivity index (χ1v) is 5.25. The predicted molar refractivity (Wildman–Crippen MR) is 63.8 cm³/mol. The maximum absolute atomic E-state index is 11.5. The molecule has 2 aromatic rings. The zero-order chi connectivity index (χ0) is 12.3. The summed E-state index contributed by atoms with van der Waals surface area (Å²) < 4.78 is 4.64. The quantitative estimate of drug-likeness (QED) is 0.767. The van der Waals surface area contributed by atoms with E-state index in [1.54, 1.807) is 18.5 Å². The van der Waals surface area contributed by atoms with E-state index in [4.69, 9.17) is 11.6 Å². The van der Waals surface area contributed by atoms with Crippen molar-refractivity contribution < 1.29 is 9.53 Å². The van der Waals surface area contributed by atoms with Crippen LogP contribution in [-0.4, -0.2) is 23.0 Å². The highest BCUT2D eigenvalue weighted by Gasteiger charge is 2.15. The molecule has 0 atom stereocenters. The molecule has 0 saturated carbocycles. The Balaban J connectivity index is 2.54. The van der Waals surface area contributed by atoms with Gasteiger partial charge >= 0.3 is 5.97 Å². The first-order valence-electron chi connectivity index (χ1n) is 4.87. The molecule has 0 N–H and O–H groups in total. The van der Waals surface area contributed by atoms with Crippen LogP contribution in [0.4, 0.5) is 0 Å². The van der Waals surface area contributed by atoms with Gasteiger partial charge in [-0.25, -0.2) is 4.79 Å². The summed E-state index contributed by atoms with van der Waals surface area (Å²) in [6.07, 6.45) is 4.80. The fourth-order valence-electron chi connectivity index (χ4n) is 1.42. The van der Waals surface area contributed by atoms with Crippen molar-refractivity contribution in [2.24, 2.45) is 0 Å². The third-order valence-corrected chi connectivity index (χ3v) is 2.61. The summed E-state index contributed by atoms with van der Waals surface area (Å²) in [6, 6.07) is 5.12. The van der Waals surface area contributed by atoms with Gasteiger partial charge in [-0.2, -0.15) is 0 Å². The minimum atomic E-state index is -0.484. The summed E-state index contributed by atoms with van der Waals surface area (Å²) in [7, 11) is 1.31. The summed E-state index contributed by atoms with van der Waals surface area (Å²) in [5.41, 5.74) is 1.56. The van der Waals surface area contributed by atoms with Gasteiger partial charge in [0.05, 0.1) is 23.4 Å². The molecule has 0 spiro atoms. The number of ether oxygens (including phenoxy) is 1. The van der Waals surface area contributed by atoms with Crippen LogP contribution < -0.4 is 0 Å². The molecular formula is C12H9ClN2O2. The standard InChI is InChI=1S/C12H9ClN2O2/c1-17-12(16)9-4-6-15-11(10(9)13)8-3-2-5-14-7-8/h2-7H,1H3. The summed E-state index contributed by atoms with van der Waals surface area (Å²) in [5, 5.41) is 0.271. The molecule has 17 heavy (non-hydrogen) atoms. The average molecular weight is 249 g/mol. The van der Waals surface area contributed by atoms with Crippen LogP contribution in [0, 0.1) is 0 Å². The van der Waals surface area contributed by atoms with Gasteiger partial charge in [0.15, 0.2) is 0 Å². The number of esters is 1. The van der Waals surface area contributed by atoms with Gasteiger partial charge in [-0.05, 0) is 18.2 Å². The molecule has 0 unspecified atom stereocenters. The second kappa shape index (κ2) is 4.93. The van der Waals surface area contributed by atoms with E-state index >= 15 is 0 Å². The third-order valence-electron chi connectivity index (χ3n) is 2.23. The molecule has 0 radical (unpaired) electrons. The molecule has 0 aromatic carbocycles. The van der Waals surface area contributed by atoms with Gasteiger partial charge in [0.2, 0.25) is 0 Å². The highest BCUT2D eigenvalue weighted by molar-refractivity contribution is 6.35. The summed E-state index contributed by atoms with van der Waals surface area (Å²) >= 11 is 6.13. The van der Waals surface area contributed by atoms with E-state index < -0.39 is 5.97 Å². The average Bonchev–Trinajstić information content (AvgIpc) is 2.39. The van der Waals surface area contributed by atoms with Gasteiger partial charge in [-0.1, -0.05) is 11.6 Å². The number of halogens is 1. The van der Waals surface area contributed by atoms with Crippen LogP contribution in [0.3, 0.4) is 0 Å². The zero-order valence-corrected chi connectivity index (χ0v) is 9.81. The molecule has 2 rings (SSSR count). The molecule has 0 aliphatic rings. The number of pyridine rings is 2. The number of hydrogen-bond acceptors (Lipinski definition) is 4. The lowest BCUT2D eigenvalue weighted by atomic mass is 10.1. The first-order chi connectivity index (χ1) is 8.24. The van der Waals surface area contributed by atoms with E-state index in [1.807, 2.05) is 6.07 Å². The summed E-state index contributed by atoms with van der Waals surface area (Å²) in [5.74, 6) is -0.484. The number of aromatic nitrogens is 2. The maximum atomic E-state index is 11.5. The normalized spacial score (nSPS) is 10.0. The molecule has 5 heteroatoms. The molecule has 0 saturated heterocycles. The van der Waals surface area contributed by atoms with E-state index in [0.717, 1.165) is 5.56 Å². The second-order valence-corrected chi connectivity index (χ2v) is 3.63. The molecule has 0 bridgehead atoms. The summed E-state index contributed by atoms with van der Waals surface area (Å²) in [6.45, 7) is 0. The lowest BCUT2D eigenvalue weighted by molar-refractivity contribution is 0.0601. The van der Waals surface area contributed by atoms with Gasteiger partial charge in [0.1, 0.15) is 0 Å². The van der Waals surface area contributed by atoms with Crippen molar-refractivity contribution in [2.75, 3.05) is 7.11 Å². The molecule has 0 aliphatic heterocycles. The van der Waals surface area contributed by atoms with Gasteiger partial charge < -0.3 is 4.74 Å². The van der Waals surface area contributed by atoms with Gasteiger partial charge in [0, 0.05) is 24.2 Å². The lowest BCUT2D eigenvalue weighted by Crippen LogP contribution is -2.03. The van der Waals surface area contributed by atoms with E-state index in [-0.39, 0.29) is 5.02 Å². The monoisotopic (exact) mass is 248 g/mol. The minimum Gasteiger partial charge on any atom is -0.465 e. The van der Waals surface area contributed by atoms with Crippen LogP contribution in [0.15, 0.2) is 36.8 Å². The largest absolute Gasteiger partial charge is 0.465 e. The smallest absolute Gasteiger partial charge is 0.339 e. The molecular weight excluding hydrogens is 240 g/mol. The molecule has 2 heterocycles. The van der Waals surface area contributed by atoms with Gasteiger partial charge in [-0.3, -0.25) is 9.97 Å². The SMILES string of the molecule is COC(=O)c1ccnc(-c2cccnc2)c1Cl. The first kappa shape index (κ1) is 11.5.